The molecule has 0 aliphatic carbocycles. The Balaban J connectivity index is 2.14. The molecule has 1 aliphatic heterocycles. The fourth-order valence-electron chi connectivity index (χ4n) is 1.02. The van der Waals surface area contributed by atoms with Crippen molar-refractivity contribution >= 4 is 0 Å². The van der Waals surface area contributed by atoms with Gasteiger partial charge in [0.15, 0.2) is 0 Å². The fourth-order valence-corrected chi connectivity index (χ4v) is 1.02. The van der Waals surface area contributed by atoms with E-state index in [1.807, 2.05) is 0 Å². The minimum atomic E-state index is 0.713. The van der Waals surface area contributed by atoms with Crippen LogP contribution in [0.5, 0.6) is 0 Å². The summed E-state index contributed by atoms with van der Waals surface area (Å²) in [4.78, 5) is 2.30. The van der Waals surface area contributed by atoms with Crippen LogP contribution in [0.2, 0.25) is 0 Å². The lowest BCUT2D eigenvalue weighted by molar-refractivity contribution is 0.0443. The van der Waals surface area contributed by atoms with Crippen molar-refractivity contribution < 1.29 is 4.74 Å². The molecule has 0 N–H and O–H groups in total. The van der Waals surface area contributed by atoms with Crippen LogP contribution < -0.4 is 0 Å². The minimum Gasteiger partial charge on any atom is -0.379 e. The molecule has 0 aromatic heterocycles. The summed E-state index contributed by atoms with van der Waals surface area (Å²) in [6.07, 6.45) is 0.713. The summed E-state index contributed by atoms with van der Waals surface area (Å²) >= 11 is 0. The summed E-state index contributed by atoms with van der Waals surface area (Å²) in [6.45, 7) is 8.27. The van der Waals surface area contributed by atoms with Gasteiger partial charge in [0.05, 0.1) is 19.8 Å². The quantitative estimate of drug-likeness (QED) is 0.509. The van der Waals surface area contributed by atoms with Crippen LogP contribution in [0.3, 0.4) is 0 Å². The third kappa shape index (κ3) is 3.41. The first-order valence-corrected chi connectivity index (χ1v) is 3.98. The second-order valence-corrected chi connectivity index (χ2v) is 2.49. The van der Waals surface area contributed by atoms with Crippen molar-refractivity contribution in [1.29, 1.82) is 0 Å². The van der Waals surface area contributed by atoms with Crippen molar-refractivity contribution in [3.05, 3.63) is 6.92 Å². The van der Waals surface area contributed by atoms with Crippen molar-refractivity contribution in [3.8, 4) is 11.8 Å². The summed E-state index contributed by atoms with van der Waals surface area (Å²) in [5.74, 6) is 6.01. The Bertz CT molecular complexity index is 151. The molecule has 0 aromatic carbocycles. The molecular formula is C9H14NO. The first-order valence-electron chi connectivity index (χ1n) is 3.98. The molecule has 1 radical (unpaired) electrons. The molecule has 0 spiro atoms. The van der Waals surface area contributed by atoms with Gasteiger partial charge in [0, 0.05) is 19.5 Å². The molecule has 2 nitrogen and oxygen atoms in total. The first-order chi connectivity index (χ1) is 5.43. The molecule has 0 amide bonds. The van der Waals surface area contributed by atoms with E-state index in [-0.39, 0.29) is 0 Å². The van der Waals surface area contributed by atoms with E-state index in [1.165, 1.54) is 0 Å². The Morgan fingerprint density at radius 1 is 1.27 bits per heavy atom. The van der Waals surface area contributed by atoms with Gasteiger partial charge in [-0.3, -0.25) is 4.90 Å². The largest absolute Gasteiger partial charge is 0.379 e. The van der Waals surface area contributed by atoms with Crippen LogP contribution >= 0.6 is 0 Å². The molecule has 1 rings (SSSR count). The van der Waals surface area contributed by atoms with E-state index in [0.717, 1.165) is 32.8 Å². The first kappa shape index (κ1) is 8.58. The zero-order chi connectivity index (χ0) is 7.94. The standard InChI is InChI=1S/C9H14NO/c1-2-3-4-5-10-6-8-11-9-7-10/h1-2,5-9H2. The normalized spacial score (nSPS) is 19.0. The Morgan fingerprint density at radius 3 is 2.64 bits per heavy atom. The summed E-state index contributed by atoms with van der Waals surface area (Å²) in [5, 5.41) is 0. The maximum atomic E-state index is 5.20. The SMILES string of the molecule is [CH2]CC#CCN1CCOCC1. The van der Waals surface area contributed by atoms with Crippen LogP contribution in [0.15, 0.2) is 0 Å². The van der Waals surface area contributed by atoms with Crippen LogP contribution in [0.25, 0.3) is 0 Å². The number of morpholine rings is 1. The highest BCUT2D eigenvalue weighted by Gasteiger charge is 2.07. The van der Waals surface area contributed by atoms with Crippen LogP contribution in [0.1, 0.15) is 6.42 Å². The molecule has 0 unspecified atom stereocenters. The zero-order valence-corrected chi connectivity index (χ0v) is 6.81. The average Bonchev–Trinajstić information content (AvgIpc) is 2.07. The second-order valence-electron chi connectivity index (χ2n) is 2.49. The van der Waals surface area contributed by atoms with Crippen LogP contribution in [0.4, 0.5) is 0 Å². The lowest BCUT2D eigenvalue weighted by atomic mass is 10.4. The molecule has 11 heavy (non-hydrogen) atoms. The minimum absolute atomic E-state index is 0.713. The number of ether oxygens (including phenoxy) is 1. The molecule has 61 valence electrons. The molecule has 1 heterocycles. The molecule has 0 saturated carbocycles. The van der Waals surface area contributed by atoms with Gasteiger partial charge in [-0.05, 0) is 6.92 Å². The van der Waals surface area contributed by atoms with E-state index in [2.05, 4.69) is 23.7 Å². The summed E-state index contributed by atoms with van der Waals surface area (Å²) < 4.78 is 5.20. The van der Waals surface area contributed by atoms with E-state index in [4.69, 9.17) is 4.74 Å². The van der Waals surface area contributed by atoms with Gasteiger partial charge in [-0.15, -0.1) is 5.92 Å². The van der Waals surface area contributed by atoms with Gasteiger partial charge in [0.1, 0.15) is 0 Å². The number of nitrogens with zero attached hydrogens (tertiary/aromatic N) is 1. The van der Waals surface area contributed by atoms with Gasteiger partial charge in [0.2, 0.25) is 0 Å². The third-order valence-corrected chi connectivity index (χ3v) is 1.66. The van der Waals surface area contributed by atoms with Gasteiger partial charge in [0.25, 0.3) is 0 Å². The molecule has 0 atom stereocenters. The van der Waals surface area contributed by atoms with Gasteiger partial charge in [-0.2, -0.15) is 0 Å². The maximum absolute atomic E-state index is 5.20. The Hall–Kier alpha value is -0.520. The molecule has 0 bridgehead atoms. The molecule has 1 fully saturated rings. The highest BCUT2D eigenvalue weighted by molar-refractivity contribution is 5.01. The third-order valence-electron chi connectivity index (χ3n) is 1.66. The molecule has 1 aliphatic rings. The maximum Gasteiger partial charge on any atom is 0.0603 e. The molecule has 1 saturated heterocycles. The number of hydrogen-bond acceptors (Lipinski definition) is 2. The van der Waals surface area contributed by atoms with E-state index < -0.39 is 0 Å². The Labute approximate surface area is 68.5 Å². The van der Waals surface area contributed by atoms with Crippen molar-refractivity contribution in [1.82, 2.24) is 4.90 Å². The zero-order valence-electron chi connectivity index (χ0n) is 6.81. The predicted octanol–water partition coefficient (Wildman–Crippen LogP) is 0.546. The highest BCUT2D eigenvalue weighted by Crippen LogP contribution is 1.94. The van der Waals surface area contributed by atoms with E-state index >= 15 is 0 Å². The van der Waals surface area contributed by atoms with Crippen molar-refractivity contribution in [3.63, 3.8) is 0 Å². The van der Waals surface area contributed by atoms with Crippen molar-refractivity contribution in [2.75, 3.05) is 32.8 Å². The Kier molecular flexibility index (Phi) is 4.03. The monoisotopic (exact) mass is 152 g/mol. The van der Waals surface area contributed by atoms with E-state index in [1.54, 1.807) is 0 Å². The summed E-state index contributed by atoms with van der Waals surface area (Å²) in [6, 6.07) is 0. The highest BCUT2D eigenvalue weighted by atomic mass is 16.5. The Morgan fingerprint density at radius 2 is 2.00 bits per heavy atom. The van der Waals surface area contributed by atoms with Crippen molar-refractivity contribution in [2.24, 2.45) is 0 Å². The van der Waals surface area contributed by atoms with Gasteiger partial charge < -0.3 is 4.74 Å². The summed E-state index contributed by atoms with van der Waals surface area (Å²) in [5.41, 5.74) is 0. The summed E-state index contributed by atoms with van der Waals surface area (Å²) in [7, 11) is 0. The van der Waals surface area contributed by atoms with Gasteiger partial charge in [-0.1, -0.05) is 5.92 Å². The molecule has 0 aromatic rings. The van der Waals surface area contributed by atoms with Gasteiger partial charge in [-0.25, -0.2) is 0 Å². The van der Waals surface area contributed by atoms with E-state index in [0.29, 0.717) is 6.42 Å². The van der Waals surface area contributed by atoms with Gasteiger partial charge >= 0.3 is 0 Å². The van der Waals surface area contributed by atoms with Crippen LogP contribution in [0, 0.1) is 18.8 Å². The lowest BCUT2D eigenvalue weighted by Gasteiger charge is -2.24. The van der Waals surface area contributed by atoms with E-state index in [9.17, 15) is 0 Å². The smallest absolute Gasteiger partial charge is 0.0603 e. The average molecular weight is 152 g/mol. The number of hydrogen-bond donors (Lipinski definition) is 0. The fraction of sp³-hybridized carbons (Fsp3) is 0.667. The lowest BCUT2D eigenvalue weighted by Crippen LogP contribution is -2.36. The molecule has 2 heteroatoms. The number of rotatable bonds is 1. The van der Waals surface area contributed by atoms with Crippen molar-refractivity contribution in [2.45, 2.75) is 6.42 Å². The van der Waals surface area contributed by atoms with Crippen LogP contribution in [-0.4, -0.2) is 37.7 Å². The van der Waals surface area contributed by atoms with Crippen LogP contribution in [-0.2, 0) is 4.74 Å². The second kappa shape index (κ2) is 5.17. The topological polar surface area (TPSA) is 12.5 Å². The molecular weight excluding hydrogens is 138 g/mol. The predicted molar refractivity (Wildman–Crippen MR) is 45.0 cm³/mol.